The van der Waals surface area contributed by atoms with Gasteiger partial charge in [-0.05, 0) is 47.5 Å². The normalized spacial score (nSPS) is 11.6. The van der Waals surface area contributed by atoms with Crippen molar-refractivity contribution in [2.45, 2.75) is 0 Å². The Hall–Kier alpha value is -3.92. The summed E-state index contributed by atoms with van der Waals surface area (Å²) >= 11 is 0. The maximum absolute atomic E-state index is 10.8. The smallest absolute Gasteiger partial charge is 0.211 e. The van der Waals surface area contributed by atoms with Crippen LogP contribution in [0.15, 0.2) is 47.7 Å². The van der Waals surface area contributed by atoms with E-state index in [0.29, 0.717) is 17.5 Å². The van der Waals surface area contributed by atoms with Crippen LogP contribution >= 0.6 is 0 Å². The second-order valence-electron chi connectivity index (χ2n) is 4.99. The molecule has 2 aromatic rings. The minimum absolute atomic E-state index is 0.0738. The summed E-state index contributed by atoms with van der Waals surface area (Å²) < 4.78 is 0. The second-order valence-corrected chi connectivity index (χ2v) is 4.99. The Balaban J connectivity index is 2.48. The molecule has 0 heterocycles. The molecule has 0 atom stereocenters. The predicted octanol–water partition coefficient (Wildman–Crippen LogP) is 2.20. The first kappa shape index (κ1) is 17.4. The molecule has 0 aliphatic heterocycles. The summed E-state index contributed by atoms with van der Waals surface area (Å²) in [5.74, 6) is -1.27. The van der Waals surface area contributed by atoms with E-state index in [1.165, 1.54) is 48.6 Å². The summed E-state index contributed by atoms with van der Waals surface area (Å²) in [7, 11) is 0. The van der Waals surface area contributed by atoms with E-state index >= 15 is 0 Å². The highest BCUT2D eigenvalue weighted by Gasteiger charge is 2.08. The van der Waals surface area contributed by atoms with Crippen LogP contribution in [0, 0.1) is 11.3 Å². The van der Waals surface area contributed by atoms with Crippen molar-refractivity contribution < 1.29 is 25.2 Å². The number of amides is 1. The van der Waals surface area contributed by atoms with E-state index in [0.717, 1.165) is 0 Å². The zero-order valence-corrected chi connectivity index (χ0v) is 12.8. The van der Waals surface area contributed by atoms with Crippen LogP contribution in [-0.2, 0) is 4.79 Å². The van der Waals surface area contributed by atoms with Gasteiger partial charge in [0.15, 0.2) is 23.0 Å². The number of hydrogen-bond donors (Lipinski definition) is 5. The summed E-state index contributed by atoms with van der Waals surface area (Å²) in [5, 5.41) is 49.5. The van der Waals surface area contributed by atoms with E-state index in [4.69, 9.17) is 0 Å². The Bertz CT molecular complexity index is 910. The van der Waals surface area contributed by atoms with Gasteiger partial charge in [-0.3, -0.25) is 4.79 Å². The van der Waals surface area contributed by atoms with E-state index < -0.39 is 0 Å². The van der Waals surface area contributed by atoms with Crippen molar-refractivity contribution in [1.29, 1.82) is 5.26 Å². The lowest BCUT2D eigenvalue weighted by Crippen LogP contribution is -2.11. The van der Waals surface area contributed by atoms with Crippen molar-refractivity contribution in [3.8, 4) is 29.1 Å². The summed E-state index contributed by atoms with van der Waals surface area (Å²) in [6.07, 6.45) is 3.23. The average Bonchev–Trinajstić information content (AvgIpc) is 2.59. The molecule has 0 aliphatic rings. The first-order valence-corrected chi connectivity index (χ1v) is 7.02. The number of rotatable bonds is 5. The fraction of sp³-hybridized carbons (Fsp3) is 0. The minimum Gasteiger partial charge on any atom is -0.504 e. The molecule has 0 spiro atoms. The molecule has 0 radical (unpaired) electrons. The van der Waals surface area contributed by atoms with Gasteiger partial charge in [-0.2, -0.15) is 5.26 Å². The van der Waals surface area contributed by atoms with Gasteiger partial charge >= 0.3 is 0 Å². The van der Waals surface area contributed by atoms with Crippen molar-refractivity contribution >= 4 is 18.6 Å². The standard InChI is InChI=1S/C18H14N2O5/c19-9-13(5-11-1-3-15(22)17(24)7-11)14(20-10-21)6-12-2-4-16(23)18(25)8-12/h1-8,10,22-25H,(H,20,21)/b13-5-,14-6+. The fourth-order valence-corrected chi connectivity index (χ4v) is 2.02. The highest BCUT2D eigenvalue weighted by atomic mass is 16.3. The Morgan fingerprint density at radius 2 is 1.40 bits per heavy atom. The van der Waals surface area contributed by atoms with Crippen molar-refractivity contribution in [1.82, 2.24) is 5.32 Å². The third kappa shape index (κ3) is 4.30. The van der Waals surface area contributed by atoms with Gasteiger partial charge < -0.3 is 25.7 Å². The number of nitrogens with zero attached hydrogens (tertiary/aromatic N) is 1. The molecule has 25 heavy (non-hydrogen) atoms. The van der Waals surface area contributed by atoms with Crippen LogP contribution in [0.1, 0.15) is 11.1 Å². The quantitative estimate of drug-likeness (QED) is 0.246. The van der Waals surface area contributed by atoms with Gasteiger partial charge in [-0.15, -0.1) is 0 Å². The number of nitrogens with one attached hydrogen (secondary N) is 1. The molecule has 2 rings (SSSR count). The molecule has 0 unspecified atom stereocenters. The van der Waals surface area contributed by atoms with Crippen LogP contribution < -0.4 is 5.32 Å². The number of carbonyl (C=O) groups excluding carboxylic acids is 1. The number of benzene rings is 2. The van der Waals surface area contributed by atoms with Crippen molar-refractivity contribution in [3.05, 3.63) is 58.8 Å². The van der Waals surface area contributed by atoms with Crippen LogP contribution in [0.25, 0.3) is 12.2 Å². The molecule has 0 aliphatic carbocycles. The summed E-state index contributed by atoms with van der Waals surface area (Å²) in [4.78, 5) is 10.8. The first-order chi connectivity index (χ1) is 11.9. The largest absolute Gasteiger partial charge is 0.504 e. The van der Waals surface area contributed by atoms with E-state index in [2.05, 4.69) is 5.32 Å². The zero-order valence-electron chi connectivity index (χ0n) is 12.8. The van der Waals surface area contributed by atoms with E-state index in [1.54, 1.807) is 0 Å². The molecule has 5 N–H and O–H groups in total. The van der Waals surface area contributed by atoms with Gasteiger partial charge in [-0.1, -0.05) is 12.1 Å². The number of nitriles is 1. The molecule has 7 nitrogen and oxygen atoms in total. The first-order valence-electron chi connectivity index (χ1n) is 7.02. The van der Waals surface area contributed by atoms with E-state index in [1.807, 2.05) is 6.07 Å². The summed E-state index contributed by atoms with van der Waals surface area (Å²) in [6.45, 7) is 0. The lowest BCUT2D eigenvalue weighted by molar-refractivity contribution is -0.108. The Morgan fingerprint density at radius 1 is 0.880 bits per heavy atom. The Morgan fingerprint density at radius 3 is 1.84 bits per heavy atom. The third-order valence-electron chi connectivity index (χ3n) is 3.25. The summed E-state index contributed by atoms with van der Waals surface area (Å²) in [6, 6.07) is 9.97. The van der Waals surface area contributed by atoms with Crippen LogP contribution in [-0.4, -0.2) is 26.8 Å². The average molecular weight is 338 g/mol. The fourth-order valence-electron chi connectivity index (χ4n) is 2.02. The number of hydrogen-bond acceptors (Lipinski definition) is 6. The van der Waals surface area contributed by atoms with Crippen molar-refractivity contribution in [2.75, 3.05) is 0 Å². The molecule has 0 saturated carbocycles. The van der Waals surface area contributed by atoms with Crippen LogP contribution in [0.5, 0.6) is 23.0 Å². The maximum Gasteiger partial charge on any atom is 0.211 e. The number of carbonyl (C=O) groups is 1. The van der Waals surface area contributed by atoms with Crippen molar-refractivity contribution in [3.63, 3.8) is 0 Å². The SMILES string of the molecule is N#CC(=C/c1ccc(O)c(O)c1)/C(=C\c1ccc(O)c(O)c1)NC=O. The number of allylic oxidation sites excluding steroid dienone is 1. The molecule has 1 amide bonds. The highest BCUT2D eigenvalue weighted by Crippen LogP contribution is 2.28. The topological polar surface area (TPSA) is 134 Å². The monoisotopic (exact) mass is 338 g/mol. The predicted molar refractivity (Wildman–Crippen MR) is 90.3 cm³/mol. The van der Waals surface area contributed by atoms with E-state index in [9.17, 15) is 30.5 Å². The molecule has 2 aromatic carbocycles. The number of phenolic OH excluding ortho intramolecular Hbond substituents is 4. The van der Waals surface area contributed by atoms with Gasteiger partial charge in [0.1, 0.15) is 6.07 Å². The lowest BCUT2D eigenvalue weighted by atomic mass is 10.1. The number of aromatic hydroxyl groups is 4. The molecule has 0 aromatic heterocycles. The molecule has 126 valence electrons. The van der Waals surface area contributed by atoms with Gasteiger partial charge in [0.2, 0.25) is 6.41 Å². The minimum atomic E-state index is -0.344. The van der Waals surface area contributed by atoms with Crippen LogP contribution in [0.3, 0.4) is 0 Å². The number of phenols is 4. The van der Waals surface area contributed by atoms with Gasteiger partial charge in [-0.25, -0.2) is 0 Å². The second kappa shape index (κ2) is 7.57. The third-order valence-corrected chi connectivity index (χ3v) is 3.25. The molecule has 0 fully saturated rings. The van der Waals surface area contributed by atoms with E-state index in [-0.39, 0.29) is 34.3 Å². The van der Waals surface area contributed by atoms with Crippen LogP contribution in [0.4, 0.5) is 0 Å². The molecular weight excluding hydrogens is 324 g/mol. The zero-order chi connectivity index (χ0) is 18.4. The Kier molecular flexibility index (Phi) is 5.28. The van der Waals surface area contributed by atoms with Crippen molar-refractivity contribution in [2.24, 2.45) is 0 Å². The molecule has 0 saturated heterocycles. The maximum atomic E-state index is 10.8. The lowest BCUT2D eigenvalue weighted by Gasteiger charge is -2.06. The van der Waals surface area contributed by atoms with Gasteiger partial charge in [0.05, 0.1) is 11.3 Å². The highest BCUT2D eigenvalue weighted by molar-refractivity contribution is 5.74. The Labute approximate surface area is 143 Å². The summed E-state index contributed by atoms with van der Waals surface area (Å²) in [5.41, 5.74) is 1.09. The molecular formula is C18H14N2O5. The van der Waals surface area contributed by atoms with Gasteiger partial charge in [0.25, 0.3) is 0 Å². The van der Waals surface area contributed by atoms with Crippen LogP contribution in [0.2, 0.25) is 0 Å². The van der Waals surface area contributed by atoms with Gasteiger partial charge in [0, 0.05) is 0 Å². The molecule has 7 heteroatoms. The molecule has 0 bridgehead atoms.